The molecule has 1 aliphatic heterocycles. The van der Waals surface area contributed by atoms with Crippen LogP contribution < -0.4 is 10.2 Å². The molecule has 0 bridgehead atoms. The Labute approximate surface area is 129 Å². The van der Waals surface area contributed by atoms with Crippen molar-refractivity contribution < 1.29 is 9.18 Å². The molecule has 0 saturated carbocycles. The number of nitrogens with zero attached hydrogens (tertiary/aromatic N) is 1. The molecule has 3 nitrogen and oxygen atoms in total. The van der Waals surface area contributed by atoms with E-state index >= 15 is 0 Å². The van der Waals surface area contributed by atoms with Gasteiger partial charge in [-0.15, -0.1) is 0 Å². The molecule has 4 heteroatoms. The molecule has 1 heterocycles. The van der Waals surface area contributed by atoms with Crippen LogP contribution in [0.1, 0.15) is 29.6 Å². The summed E-state index contributed by atoms with van der Waals surface area (Å²) in [6, 6.07) is 13.5. The molecule has 1 amide bonds. The molecule has 0 unspecified atom stereocenters. The molecule has 2 aromatic rings. The molecule has 1 saturated heterocycles. The summed E-state index contributed by atoms with van der Waals surface area (Å²) in [6.45, 7) is 2.11. The molecule has 22 heavy (non-hydrogen) atoms. The smallest absolute Gasteiger partial charge is 0.255 e. The van der Waals surface area contributed by atoms with Gasteiger partial charge in [-0.1, -0.05) is 12.1 Å². The Hall–Kier alpha value is -2.36. The average molecular weight is 298 g/mol. The van der Waals surface area contributed by atoms with Gasteiger partial charge >= 0.3 is 0 Å². The van der Waals surface area contributed by atoms with E-state index in [4.69, 9.17) is 0 Å². The lowest BCUT2D eigenvalue weighted by molar-refractivity contribution is 0.102. The number of benzene rings is 2. The van der Waals surface area contributed by atoms with Crippen LogP contribution in [0.15, 0.2) is 48.5 Å². The van der Waals surface area contributed by atoms with E-state index in [0.29, 0.717) is 5.56 Å². The molecule has 0 spiro atoms. The van der Waals surface area contributed by atoms with Crippen molar-refractivity contribution in [2.24, 2.45) is 0 Å². The fourth-order valence-corrected chi connectivity index (χ4v) is 2.77. The molecule has 114 valence electrons. The predicted molar refractivity (Wildman–Crippen MR) is 86.9 cm³/mol. The molecular formula is C18H19FN2O. The van der Waals surface area contributed by atoms with E-state index in [9.17, 15) is 9.18 Å². The summed E-state index contributed by atoms with van der Waals surface area (Å²) in [7, 11) is 0. The Balaban J connectivity index is 1.73. The second-order valence-electron chi connectivity index (χ2n) is 5.56. The minimum atomic E-state index is -0.408. The minimum absolute atomic E-state index is 0.296. The van der Waals surface area contributed by atoms with E-state index in [2.05, 4.69) is 16.3 Å². The van der Waals surface area contributed by atoms with Crippen molar-refractivity contribution >= 4 is 17.3 Å². The average Bonchev–Trinajstić information content (AvgIpc) is 2.56. The normalized spacial score (nSPS) is 14.7. The molecule has 0 atom stereocenters. The molecule has 0 aliphatic carbocycles. The van der Waals surface area contributed by atoms with E-state index in [1.165, 1.54) is 37.5 Å². The van der Waals surface area contributed by atoms with Crippen LogP contribution in [-0.2, 0) is 0 Å². The number of amides is 1. The van der Waals surface area contributed by atoms with Crippen molar-refractivity contribution in [2.45, 2.75) is 19.3 Å². The van der Waals surface area contributed by atoms with Crippen LogP contribution in [0.25, 0.3) is 0 Å². The standard InChI is InChI=1S/C18H19FN2O/c19-15-7-4-6-14(12-15)18(22)20-16-8-5-9-17(13-16)21-10-2-1-3-11-21/h4-9,12-13H,1-3,10-11H2,(H,20,22). The fraction of sp³-hybridized carbons (Fsp3) is 0.278. The van der Waals surface area contributed by atoms with Gasteiger partial charge in [0.05, 0.1) is 0 Å². The number of piperidine rings is 1. The van der Waals surface area contributed by atoms with Crippen LogP contribution in [0, 0.1) is 5.82 Å². The second-order valence-corrected chi connectivity index (χ2v) is 5.56. The number of rotatable bonds is 3. The van der Waals surface area contributed by atoms with Crippen LogP contribution in [0.4, 0.5) is 15.8 Å². The van der Waals surface area contributed by atoms with Crippen molar-refractivity contribution in [1.29, 1.82) is 0 Å². The van der Waals surface area contributed by atoms with Crippen LogP contribution in [0.2, 0.25) is 0 Å². The molecule has 0 aromatic heterocycles. The number of hydrogen-bond acceptors (Lipinski definition) is 2. The van der Waals surface area contributed by atoms with Crippen molar-refractivity contribution in [2.75, 3.05) is 23.3 Å². The fourth-order valence-electron chi connectivity index (χ4n) is 2.77. The lowest BCUT2D eigenvalue weighted by Gasteiger charge is -2.29. The third-order valence-corrected chi connectivity index (χ3v) is 3.91. The number of nitrogens with one attached hydrogen (secondary N) is 1. The zero-order chi connectivity index (χ0) is 15.4. The summed E-state index contributed by atoms with van der Waals surface area (Å²) in [5.74, 6) is -0.704. The Bertz CT molecular complexity index is 666. The topological polar surface area (TPSA) is 32.3 Å². The first-order valence-electron chi connectivity index (χ1n) is 7.64. The van der Waals surface area contributed by atoms with E-state index in [1.54, 1.807) is 6.07 Å². The van der Waals surface area contributed by atoms with Crippen molar-refractivity contribution in [3.05, 3.63) is 59.9 Å². The van der Waals surface area contributed by atoms with Gasteiger partial charge in [-0.2, -0.15) is 0 Å². The number of carbonyl (C=O) groups is 1. The third-order valence-electron chi connectivity index (χ3n) is 3.91. The van der Waals surface area contributed by atoms with Gasteiger partial charge in [0.1, 0.15) is 5.82 Å². The first-order chi connectivity index (χ1) is 10.7. The molecular weight excluding hydrogens is 279 g/mol. The highest BCUT2D eigenvalue weighted by molar-refractivity contribution is 6.04. The quantitative estimate of drug-likeness (QED) is 0.926. The zero-order valence-electron chi connectivity index (χ0n) is 12.4. The summed E-state index contributed by atoms with van der Waals surface area (Å²) in [4.78, 5) is 14.5. The molecule has 1 N–H and O–H groups in total. The Kier molecular flexibility index (Phi) is 4.37. The largest absolute Gasteiger partial charge is 0.371 e. The maximum absolute atomic E-state index is 13.2. The van der Waals surface area contributed by atoms with Gasteiger partial charge in [0.2, 0.25) is 0 Å². The van der Waals surface area contributed by atoms with E-state index < -0.39 is 5.82 Å². The number of anilines is 2. The van der Waals surface area contributed by atoms with Gasteiger partial charge in [-0.25, -0.2) is 4.39 Å². The summed E-state index contributed by atoms with van der Waals surface area (Å²) in [5, 5.41) is 2.83. The highest BCUT2D eigenvalue weighted by Crippen LogP contribution is 2.23. The summed E-state index contributed by atoms with van der Waals surface area (Å²) < 4.78 is 13.2. The van der Waals surface area contributed by atoms with Crippen LogP contribution >= 0.6 is 0 Å². The van der Waals surface area contributed by atoms with Gasteiger partial charge in [0, 0.05) is 30.0 Å². The van der Waals surface area contributed by atoms with Gasteiger partial charge in [0.25, 0.3) is 5.91 Å². The molecule has 0 radical (unpaired) electrons. The Morgan fingerprint density at radius 3 is 2.55 bits per heavy atom. The number of halogens is 1. The van der Waals surface area contributed by atoms with Crippen molar-refractivity contribution in [3.8, 4) is 0 Å². The van der Waals surface area contributed by atoms with Crippen LogP contribution in [-0.4, -0.2) is 19.0 Å². The Morgan fingerprint density at radius 2 is 1.77 bits per heavy atom. The predicted octanol–water partition coefficient (Wildman–Crippen LogP) is 4.07. The van der Waals surface area contributed by atoms with Gasteiger partial charge < -0.3 is 10.2 Å². The number of carbonyl (C=O) groups excluding carboxylic acids is 1. The number of hydrogen-bond donors (Lipinski definition) is 1. The van der Waals surface area contributed by atoms with Gasteiger partial charge in [-0.3, -0.25) is 4.79 Å². The van der Waals surface area contributed by atoms with Crippen LogP contribution in [0.5, 0.6) is 0 Å². The summed E-state index contributed by atoms with van der Waals surface area (Å²) >= 11 is 0. The first kappa shape index (κ1) is 14.6. The second kappa shape index (κ2) is 6.60. The first-order valence-corrected chi connectivity index (χ1v) is 7.64. The molecule has 2 aromatic carbocycles. The maximum atomic E-state index is 13.2. The van der Waals surface area contributed by atoms with Crippen molar-refractivity contribution in [3.63, 3.8) is 0 Å². The minimum Gasteiger partial charge on any atom is -0.371 e. The lowest BCUT2D eigenvalue weighted by atomic mass is 10.1. The molecule has 1 fully saturated rings. The highest BCUT2D eigenvalue weighted by Gasteiger charge is 2.12. The van der Waals surface area contributed by atoms with E-state index in [1.807, 2.05) is 18.2 Å². The molecule has 3 rings (SSSR count). The SMILES string of the molecule is O=C(Nc1cccc(N2CCCCC2)c1)c1cccc(F)c1. The van der Waals surface area contributed by atoms with E-state index in [-0.39, 0.29) is 5.91 Å². The van der Waals surface area contributed by atoms with E-state index in [0.717, 1.165) is 24.5 Å². The summed E-state index contributed by atoms with van der Waals surface area (Å²) in [6.07, 6.45) is 3.70. The Morgan fingerprint density at radius 1 is 1.00 bits per heavy atom. The van der Waals surface area contributed by atoms with Crippen LogP contribution in [0.3, 0.4) is 0 Å². The lowest BCUT2D eigenvalue weighted by Crippen LogP contribution is -2.29. The third kappa shape index (κ3) is 3.45. The summed E-state index contributed by atoms with van der Waals surface area (Å²) in [5.41, 5.74) is 2.18. The highest BCUT2D eigenvalue weighted by atomic mass is 19.1. The van der Waals surface area contributed by atoms with Gasteiger partial charge in [0.15, 0.2) is 0 Å². The van der Waals surface area contributed by atoms with Gasteiger partial charge in [-0.05, 0) is 55.7 Å². The maximum Gasteiger partial charge on any atom is 0.255 e. The zero-order valence-corrected chi connectivity index (χ0v) is 12.4. The van der Waals surface area contributed by atoms with Crippen molar-refractivity contribution in [1.82, 2.24) is 0 Å². The monoisotopic (exact) mass is 298 g/mol. The molecule has 1 aliphatic rings.